The van der Waals surface area contributed by atoms with Gasteiger partial charge in [-0.1, -0.05) is 54.0 Å². The minimum atomic E-state index is -0.701. The highest BCUT2D eigenvalue weighted by Crippen LogP contribution is 2.37. The van der Waals surface area contributed by atoms with Gasteiger partial charge in [-0.3, -0.25) is 14.2 Å². The molecule has 0 aliphatic rings. The first kappa shape index (κ1) is 22.4. The molecule has 0 saturated heterocycles. The number of fused-ring (bicyclic) bond motifs is 1. The summed E-state index contributed by atoms with van der Waals surface area (Å²) >= 11 is 5.01. The average molecular weight is 510 g/mol. The van der Waals surface area contributed by atoms with Crippen molar-refractivity contribution in [3.63, 3.8) is 0 Å². The molecule has 7 heteroatoms. The van der Waals surface area contributed by atoms with Crippen LogP contribution in [0.15, 0.2) is 64.1 Å². The summed E-state index contributed by atoms with van der Waals surface area (Å²) in [7, 11) is 0. The average Bonchev–Trinajstić information content (AvgIpc) is 3.19. The molecule has 32 heavy (non-hydrogen) atoms. The van der Waals surface area contributed by atoms with E-state index in [2.05, 4.69) is 40.1 Å². The van der Waals surface area contributed by atoms with Gasteiger partial charge in [0.25, 0.3) is 5.56 Å². The minimum Gasteiger partial charge on any atom is -0.324 e. The van der Waals surface area contributed by atoms with Crippen LogP contribution in [0.2, 0.25) is 0 Å². The maximum absolute atomic E-state index is 13.5. The molecule has 1 unspecified atom stereocenters. The van der Waals surface area contributed by atoms with Crippen molar-refractivity contribution in [1.82, 2.24) is 9.55 Å². The van der Waals surface area contributed by atoms with Gasteiger partial charge in [0.2, 0.25) is 5.91 Å². The molecule has 1 N–H and O–H groups in total. The molecule has 0 aliphatic carbocycles. The number of benzene rings is 2. The van der Waals surface area contributed by atoms with E-state index in [1.807, 2.05) is 48.5 Å². The fourth-order valence-electron chi connectivity index (χ4n) is 3.69. The lowest BCUT2D eigenvalue weighted by molar-refractivity contribution is -0.118. The quantitative estimate of drug-likeness (QED) is 0.335. The molecule has 2 heterocycles. The Morgan fingerprint density at radius 1 is 1.09 bits per heavy atom. The van der Waals surface area contributed by atoms with E-state index < -0.39 is 6.04 Å². The highest BCUT2D eigenvalue weighted by Gasteiger charge is 2.22. The van der Waals surface area contributed by atoms with E-state index in [0.29, 0.717) is 15.9 Å². The Morgan fingerprint density at radius 3 is 2.41 bits per heavy atom. The number of hydrogen-bond donors (Lipinski definition) is 1. The van der Waals surface area contributed by atoms with Crippen molar-refractivity contribution in [3.8, 4) is 11.1 Å². The third kappa shape index (κ3) is 4.27. The highest BCUT2D eigenvalue weighted by molar-refractivity contribution is 9.10. The van der Waals surface area contributed by atoms with Gasteiger partial charge >= 0.3 is 0 Å². The second-order valence-electron chi connectivity index (χ2n) is 7.61. The van der Waals surface area contributed by atoms with Crippen molar-refractivity contribution in [2.75, 3.05) is 5.32 Å². The van der Waals surface area contributed by atoms with Gasteiger partial charge in [0, 0.05) is 20.6 Å². The molecule has 4 rings (SSSR count). The first-order valence-electron chi connectivity index (χ1n) is 10.6. The Balaban J connectivity index is 1.73. The van der Waals surface area contributed by atoms with Crippen LogP contribution in [0.4, 0.5) is 5.69 Å². The van der Waals surface area contributed by atoms with Crippen molar-refractivity contribution < 1.29 is 4.79 Å². The Hall–Kier alpha value is -2.77. The second-order valence-corrected chi connectivity index (χ2v) is 9.61. The zero-order valence-electron chi connectivity index (χ0n) is 18.2. The van der Waals surface area contributed by atoms with Crippen LogP contribution in [0.5, 0.6) is 0 Å². The smallest absolute Gasteiger partial charge is 0.263 e. The number of hydrogen-bond acceptors (Lipinski definition) is 4. The first-order valence-corrected chi connectivity index (χ1v) is 12.2. The molecule has 5 nitrogen and oxygen atoms in total. The Kier molecular flexibility index (Phi) is 6.58. The lowest BCUT2D eigenvalue weighted by Gasteiger charge is -2.15. The topological polar surface area (TPSA) is 64.0 Å². The number of aromatic nitrogens is 2. The van der Waals surface area contributed by atoms with Crippen LogP contribution in [-0.4, -0.2) is 15.5 Å². The maximum atomic E-state index is 13.5. The van der Waals surface area contributed by atoms with E-state index in [4.69, 9.17) is 0 Å². The van der Waals surface area contributed by atoms with Crippen LogP contribution in [0.25, 0.3) is 21.3 Å². The predicted octanol–water partition coefficient (Wildman–Crippen LogP) is 6.21. The number of anilines is 1. The summed E-state index contributed by atoms with van der Waals surface area (Å²) in [6, 6.07) is 15.0. The fourth-order valence-corrected chi connectivity index (χ4v) is 5.05. The Labute approximate surface area is 199 Å². The molecule has 0 saturated carbocycles. The van der Waals surface area contributed by atoms with E-state index in [1.54, 1.807) is 6.92 Å². The number of aryl methyl sites for hydroxylation is 2. The van der Waals surface area contributed by atoms with Gasteiger partial charge in [0.1, 0.15) is 10.9 Å². The number of halogens is 1. The van der Waals surface area contributed by atoms with E-state index in [9.17, 15) is 9.59 Å². The molecule has 0 spiro atoms. The number of rotatable bonds is 6. The molecule has 0 radical (unpaired) electrons. The molecule has 2 aromatic carbocycles. The fraction of sp³-hybridized carbons (Fsp3) is 0.240. The first-order chi connectivity index (χ1) is 15.4. The van der Waals surface area contributed by atoms with Gasteiger partial charge in [-0.25, -0.2) is 4.98 Å². The molecule has 4 aromatic rings. The molecule has 0 aliphatic heterocycles. The molecule has 164 valence electrons. The molecule has 0 bridgehead atoms. The number of thiophene rings is 1. The number of carbonyl (C=O) groups excluding carboxylic acids is 1. The van der Waals surface area contributed by atoms with Crippen molar-refractivity contribution in [2.24, 2.45) is 0 Å². The van der Waals surface area contributed by atoms with Crippen molar-refractivity contribution in [3.05, 3.63) is 80.1 Å². The van der Waals surface area contributed by atoms with Crippen LogP contribution < -0.4 is 10.9 Å². The summed E-state index contributed by atoms with van der Waals surface area (Å²) in [6.07, 6.45) is 3.22. The van der Waals surface area contributed by atoms with Crippen molar-refractivity contribution in [2.45, 2.75) is 39.7 Å². The summed E-state index contributed by atoms with van der Waals surface area (Å²) in [5, 5.41) is 3.48. The highest BCUT2D eigenvalue weighted by atomic mass is 79.9. The Bertz CT molecular complexity index is 1320. The summed E-state index contributed by atoms with van der Waals surface area (Å²) < 4.78 is 2.40. The van der Waals surface area contributed by atoms with Crippen molar-refractivity contribution >= 4 is 49.1 Å². The van der Waals surface area contributed by atoms with Crippen LogP contribution in [0, 0.1) is 0 Å². The standard InChI is InChI=1S/C25H24BrN3O2S/c1-4-16-6-12-19(13-7-16)28-23(30)15(3)29-14-27-24-22(25(29)31)21(20(5-2)32-24)17-8-10-18(26)11-9-17/h6-15H,4-5H2,1-3H3,(H,28,30). The number of nitrogens with one attached hydrogen (secondary N) is 1. The van der Waals surface area contributed by atoms with Gasteiger partial charge < -0.3 is 5.32 Å². The molecular weight excluding hydrogens is 486 g/mol. The predicted molar refractivity (Wildman–Crippen MR) is 136 cm³/mol. The van der Waals surface area contributed by atoms with E-state index >= 15 is 0 Å². The third-order valence-electron chi connectivity index (χ3n) is 5.59. The van der Waals surface area contributed by atoms with Gasteiger partial charge in [-0.2, -0.15) is 0 Å². The lowest BCUT2D eigenvalue weighted by Crippen LogP contribution is -2.31. The number of amides is 1. The minimum absolute atomic E-state index is 0.201. The van der Waals surface area contributed by atoms with E-state index in [-0.39, 0.29) is 11.5 Å². The van der Waals surface area contributed by atoms with Gasteiger partial charge in [-0.05, 0) is 55.2 Å². The van der Waals surface area contributed by atoms with Gasteiger partial charge in [-0.15, -0.1) is 11.3 Å². The lowest BCUT2D eigenvalue weighted by atomic mass is 10.0. The summed E-state index contributed by atoms with van der Waals surface area (Å²) in [5.41, 5.74) is 3.59. The molecule has 1 atom stereocenters. The monoisotopic (exact) mass is 509 g/mol. The van der Waals surface area contributed by atoms with Crippen LogP contribution in [0.3, 0.4) is 0 Å². The summed E-state index contributed by atoms with van der Waals surface area (Å²) in [6.45, 7) is 5.88. The largest absolute Gasteiger partial charge is 0.324 e. The van der Waals surface area contributed by atoms with Crippen LogP contribution in [0.1, 0.15) is 37.3 Å². The van der Waals surface area contributed by atoms with Gasteiger partial charge in [0.15, 0.2) is 0 Å². The van der Waals surface area contributed by atoms with E-state index in [0.717, 1.165) is 33.3 Å². The normalized spacial score (nSPS) is 12.1. The molecule has 0 fully saturated rings. The molecular formula is C25H24BrN3O2S. The third-order valence-corrected chi connectivity index (χ3v) is 7.36. The van der Waals surface area contributed by atoms with Crippen LogP contribution in [-0.2, 0) is 17.6 Å². The van der Waals surface area contributed by atoms with Crippen LogP contribution >= 0.6 is 27.3 Å². The summed E-state index contributed by atoms with van der Waals surface area (Å²) in [5.74, 6) is -0.256. The Morgan fingerprint density at radius 2 is 1.78 bits per heavy atom. The molecule has 2 aromatic heterocycles. The second kappa shape index (κ2) is 9.38. The van der Waals surface area contributed by atoms with E-state index in [1.165, 1.54) is 27.8 Å². The zero-order valence-corrected chi connectivity index (χ0v) is 20.6. The number of nitrogens with zero attached hydrogens (tertiary/aromatic N) is 2. The molecule has 1 amide bonds. The maximum Gasteiger partial charge on any atom is 0.263 e. The van der Waals surface area contributed by atoms with Gasteiger partial charge in [0.05, 0.1) is 11.7 Å². The van der Waals surface area contributed by atoms with Crippen molar-refractivity contribution in [1.29, 1.82) is 0 Å². The SMILES string of the molecule is CCc1ccc(NC(=O)C(C)n2cnc3sc(CC)c(-c4ccc(Br)cc4)c3c2=O)cc1. The zero-order chi connectivity index (χ0) is 22.8. The number of carbonyl (C=O) groups is 1. The summed E-state index contributed by atoms with van der Waals surface area (Å²) in [4.78, 5) is 32.8.